The van der Waals surface area contributed by atoms with Gasteiger partial charge in [-0.1, -0.05) is 11.3 Å². The summed E-state index contributed by atoms with van der Waals surface area (Å²) < 4.78 is 13.2. The van der Waals surface area contributed by atoms with Crippen molar-refractivity contribution < 1.29 is 9.47 Å². The van der Waals surface area contributed by atoms with E-state index in [2.05, 4.69) is 33.2 Å². The number of anilines is 1. The van der Waals surface area contributed by atoms with Gasteiger partial charge < -0.3 is 18.9 Å². The molecule has 26 heavy (non-hydrogen) atoms. The van der Waals surface area contributed by atoms with Gasteiger partial charge in [-0.15, -0.1) is 0 Å². The second kappa shape index (κ2) is 8.04. The number of ether oxygens (including phenoxy) is 2. The number of nitrogens with zero attached hydrogens (tertiary/aromatic N) is 5. The van der Waals surface area contributed by atoms with Crippen molar-refractivity contribution in [3.63, 3.8) is 0 Å². The Hall–Kier alpha value is -1.48. The second-order valence-electron chi connectivity index (χ2n) is 6.96. The molecule has 0 amide bonds. The molecule has 2 fully saturated rings. The Morgan fingerprint density at radius 2 is 1.81 bits per heavy atom. The van der Waals surface area contributed by atoms with Gasteiger partial charge in [-0.25, -0.2) is 9.97 Å². The number of imidazole rings is 1. The minimum Gasteiger partial charge on any atom is -0.379 e. The highest BCUT2D eigenvalue weighted by molar-refractivity contribution is 7.19. The molecule has 142 valence electrons. The summed E-state index contributed by atoms with van der Waals surface area (Å²) in [5.74, 6) is 0. The topological polar surface area (TPSA) is 55.7 Å². The average Bonchev–Trinajstić information content (AvgIpc) is 3.30. The summed E-state index contributed by atoms with van der Waals surface area (Å²) >= 11 is 1.77. The number of rotatable bonds is 5. The summed E-state index contributed by atoms with van der Waals surface area (Å²) in [5.41, 5.74) is 2.25. The summed E-state index contributed by atoms with van der Waals surface area (Å²) in [7, 11) is 0. The van der Waals surface area contributed by atoms with Gasteiger partial charge in [-0.2, -0.15) is 0 Å². The van der Waals surface area contributed by atoms with Crippen molar-refractivity contribution in [1.29, 1.82) is 0 Å². The summed E-state index contributed by atoms with van der Waals surface area (Å²) in [6.07, 6.45) is 3.92. The molecule has 4 rings (SSSR count). The Balaban J connectivity index is 1.53. The van der Waals surface area contributed by atoms with E-state index in [0.717, 1.165) is 70.0 Å². The molecule has 2 aromatic heterocycles. The number of aryl methyl sites for hydroxylation is 1. The SMILES string of the molecule is Cc1nc(N2CCOCC2)sc1-c1cncn1C(C)CN1CCOCC1. The molecule has 1 atom stereocenters. The Kier molecular flexibility index (Phi) is 5.54. The fourth-order valence-electron chi connectivity index (χ4n) is 3.59. The fourth-order valence-corrected chi connectivity index (χ4v) is 4.72. The van der Waals surface area contributed by atoms with E-state index >= 15 is 0 Å². The second-order valence-corrected chi connectivity index (χ2v) is 7.94. The van der Waals surface area contributed by atoms with Gasteiger partial charge in [0.05, 0.1) is 55.2 Å². The Labute approximate surface area is 158 Å². The first kappa shape index (κ1) is 17.9. The standard InChI is InChI=1S/C18H27N5O2S/c1-14(12-21-3-7-24-8-4-21)23-13-19-11-16(23)17-15(2)20-18(26-17)22-5-9-25-10-6-22/h11,13-14H,3-10,12H2,1-2H3. The van der Waals surface area contributed by atoms with Crippen LogP contribution in [0.3, 0.4) is 0 Å². The quantitative estimate of drug-likeness (QED) is 0.795. The predicted octanol–water partition coefficient (Wildman–Crippen LogP) is 2.04. The Morgan fingerprint density at radius 1 is 1.12 bits per heavy atom. The first-order valence-electron chi connectivity index (χ1n) is 9.35. The van der Waals surface area contributed by atoms with Crippen LogP contribution >= 0.6 is 11.3 Å². The third-order valence-corrected chi connectivity index (χ3v) is 6.31. The average molecular weight is 378 g/mol. The van der Waals surface area contributed by atoms with Crippen molar-refractivity contribution in [3.8, 4) is 10.6 Å². The van der Waals surface area contributed by atoms with Crippen molar-refractivity contribution >= 4 is 16.5 Å². The van der Waals surface area contributed by atoms with Crippen molar-refractivity contribution in [2.75, 3.05) is 64.1 Å². The van der Waals surface area contributed by atoms with Crippen LogP contribution in [0.1, 0.15) is 18.7 Å². The smallest absolute Gasteiger partial charge is 0.186 e. The van der Waals surface area contributed by atoms with Gasteiger partial charge >= 0.3 is 0 Å². The van der Waals surface area contributed by atoms with Gasteiger partial charge in [-0.3, -0.25) is 4.90 Å². The highest BCUT2D eigenvalue weighted by Gasteiger charge is 2.22. The number of hydrogen-bond donors (Lipinski definition) is 0. The van der Waals surface area contributed by atoms with Gasteiger partial charge in [0.1, 0.15) is 0 Å². The first-order valence-corrected chi connectivity index (χ1v) is 10.2. The maximum atomic E-state index is 5.46. The number of hydrogen-bond acceptors (Lipinski definition) is 7. The molecule has 0 N–H and O–H groups in total. The maximum Gasteiger partial charge on any atom is 0.186 e. The zero-order valence-electron chi connectivity index (χ0n) is 15.6. The van der Waals surface area contributed by atoms with E-state index in [1.54, 1.807) is 11.3 Å². The number of thiazole rings is 1. The van der Waals surface area contributed by atoms with E-state index in [1.807, 2.05) is 12.5 Å². The van der Waals surface area contributed by atoms with Gasteiger partial charge in [-0.05, 0) is 13.8 Å². The summed E-state index contributed by atoms with van der Waals surface area (Å²) in [6.45, 7) is 12.5. The van der Waals surface area contributed by atoms with Gasteiger partial charge in [0.25, 0.3) is 0 Å². The molecule has 1 unspecified atom stereocenters. The largest absolute Gasteiger partial charge is 0.379 e. The molecule has 2 aliphatic heterocycles. The lowest BCUT2D eigenvalue weighted by atomic mass is 10.2. The predicted molar refractivity (Wildman–Crippen MR) is 103 cm³/mol. The zero-order valence-corrected chi connectivity index (χ0v) is 16.4. The Bertz CT molecular complexity index is 719. The van der Waals surface area contributed by atoms with Gasteiger partial charge in [0.15, 0.2) is 5.13 Å². The highest BCUT2D eigenvalue weighted by Crippen LogP contribution is 2.35. The van der Waals surface area contributed by atoms with Crippen molar-refractivity contribution in [1.82, 2.24) is 19.4 Å². The molecule has 2 aliphatic rings. The van der Waals surface area contributed by atoms with Crippen LogP contribution in [0.2, 0.25) is 0 Å². The molecule has 0 bridgehead atoms. The van der Waals surface area contributed by atoms with E-state index < -0.39 is 0 Å². The molecular weight excluding hydrogens is 350 g/mol. The van der Waals surface area contributed by atoms with Crippen LogP contribution in [-0.4, -0.2) is 78.6 Å². The molecule has 0 spiro atoms. The molecule has 0 saturated carbocycles. The first-order chi connectivity index (χ1) is 12.7. The van der Waals surface area contributed by atoms with Gasteiger partial charge in [0.2, 0.25) is 0 Å². The summed E-state index contributed by atoms with van der Waals surface area (Å²) in [4.78, 5) is 15.3. The number of aromatic nitrogens is 3. The Morgan fingerprint density at radius 3 is 2.54 bits per heavy atom. The van der Waals surface area contributed by atoms with Crippen molar-refractivity contribution in [2.24, 2.45) is 0 Å². The summed E-state index contributed by atoms with van der Waals surface area (Å²) in [6, 6.07) is 0.360. The summed E-state index contributed by atoms with van der Waals surface area (Å²) in [5, 5.41) is 1.09. The lowest BCUT2D eigenvalue weighted by Crippen LogP contribution is -2.39. The fraction of sp³-hybridized carbons (Fsp3) is 0.667. The molecular formula is C18H27N5O2S. The van der Waals surface area contributed by atoms with Crippen LogP contribution in [0.5, 0.6) is 0 Å². The number of morpholine rings is 2. The molecule has 0 radical (unpaired) electrons. The van der Waals surface area contributed by atoms with Crippen LogP contribution in [0.4, 0.5) is 5.13 Å². The van der Waals surface area contributed by atoms with Crippen LogP contribution in [-0.2, 0) is 9.47 Å². The van der Waals surface area contributed by atoms with Crippen LogP contribution < -0.4 is 4.90 Å². The van der Waals surface area contributed by atoms with E-state index in [9.17, 15) is 0 Å². The van der Waals surface area contributed by atoms with Gasteiger partial charge in [0, 0.05) is 38.8 Å². The lowest BCUT2D eigenvalue weighted by Gasteiger charge is -2.30. The minimum atomic E-state index is 0.360. The molecule has 0 aliphatic carbocycles. The monoisotopic (exact) mass is 377 g/mol. The third kappa shape index (κ3) is 3.78. The van der Waals surface area contributed by atoms with Crippen LogP contribution in [0.15, 0.2) is 12.5 Å². The van der Waals surface area contributed by atoms with Crippen LogP contribution in [0, 0.1) is 6.92 Å². The third-order valence-electron chi connectivity index (χ3n) is 5.07. The molecule has 0 aromatic carbocycles. The van der Waals surface area contributed by atoms with E-state index in [-0.39, 0.29) is 0 Å². The zero-order chi connectivity index (χ0) is 17.9. The van der Waals surface area contributed by atoms with E-state index in [4.69, 9.17) is 14.5 Å². The lowest BCUT2D eigenvalue weighted by molar-refractivity contribution is 0.0326. The van der Waals surface area contributed by atoms with Crippen LogP contribution in [0.25, 0.3) is 10.6 Å². The highest BCUT2D eigenvalue weighted by atomic mass is 32.1. The van der Waals surface area contributed by atoms with E-state index in [1.165, 1.54) is 10.6 Å². The molecule has 2 saturated heterocycles. The van der Waals surface area contributed by atoms with Crippen molar-refractivity contribution in [2.45, 2.75) is 19.9 Å². The molecule has 8 heteroatoms. The van der Waals surface area contributed by atoms with Crippen molar-refractivity contribution in [3.05, 3.63) is 18.2 Å². The molecule has 7 nitrogen and oxygen atoms in total. The maximum absolute atomic E-state index is 5.46. The van der Waals surface area contributed by atoms with E-state index in [0.29, 0.717) is 6.04 Å². The molecule has 4 heterocycles. The molecule has 2 aromatic rings. The normalized spacial score (nSPS) is 20.5. The minimum absolute atomic E-state index is 0.360.